The molecule has 0 radical (unpaired) electrons. The van der Waals surface area contributed by atoms with Crippen molar-refractivity contribution in [3.8, 4) is 0 Å². The van der Waals surface area contributed by atoms with E-state index in [9.17, 15) is 4.79 Å². The smallest absolute Gasteiger partial charge is 0.282 e. The molecule has 0 atom stereocenters. The standard InChI is InChI=1S/C14H23BrN4O/c1-11-4-8-19(9-5-11)7-3-6-16-12-10-17-18(2)14(20)13(12)15/h10-11,16H,3-9H2,1-2H3. The molecule has 1 saturated heterocycles. The predicted molar refractivity (Wildman–Crippen MR) is 85.1 cm³/mol. The van der Waals surface area contributed by atoms with Crippen molar-refractivity contribution in [2.75, 3.05) is 31.5 Å². The monoisotopic (exact) mass is 342 g/mol. The molecule has 5 nitrogen and oxygen atoms in total. The average molecular weight is 343 g/mol. The molecule has 1 aliphatic heterocycles. The normalized spacial score (nSPS) is 17.4. The molecule has 20 heavy (non-hydrogen) atoms. The minimum absolute atomic E-state index is 0.111. The highest BCUT2D eigenvalue weighted by molar-refractivity contribution is 9.10. The topological polar surface area (TPSA) is 50.2 Å². The number of hydrogen-bond donors (Lipinski definition) is 1. The van der Waals surface area contributed by atoms with Crippen molar-refractivity contribution in [1.29, 1.82) is 0 Å². The predicted octanol–water partition coefficient (Wildman–Crippen LogP) is 2.08. The Hall–Kier alpha value is -0.880. The van der Waals surface area contributed by atoms with Gasteiger partial charge in [-0.15, -0.1) is 0 Å². The van der Waals surface area contributed by atoms with Crippen molar-refractivity contribution in [3.63, 3.8) is 0 Å². The molecule has 6 heteroatoms. The van der Waals surface area contributed by atoms with Crippen molar-refractivity contribution in [1.82, 2.24) is 14.7 Å². The first-order valence-electron chi connectivity index (χ1n) is 7.26. The van der Waals surface area contributed by atoms with E-state index >= 15 is 0 Å². The number of rotatable bonds is 5. The van der Waals surface area contributed by atoms with Gasteiger partial charge in [0.05, 0.1) is 11.9 Å². The van der Waals surface area contributed by atoms with Crippen molar-refractivity contribution in [3.05, 3.63) is 21.0 Å². The third-order valence-electron chi connectivity index (χ3n) is 3.92. The summed E-state index contributed by atoms with van der Waals surface area (Å²) in [5.74, 6) is 0.881. The summed E-state index contributed by atoms with van der Waals surface area (Å²) >= 11 is 3.32. The van der Waals surface area contributed by atoms with Crippen LogP contribution in [0.2, 0.25) is 0 Å². The lowest BCUT2D eigenvalue weighted by molar-refractivity contribution is 0.192. The van der Waals surface area contributed by atoms with E-state index < -0.39 is 0 Å². The first-order chi connectivity index (χ1) is 9.58. The summed E-state index contributed by atoms with van der Waals surface area (Å²) in [5, 5.41) is 7.30. The van der Waals surface area contributed by atoms with Crippen LogP contribution in [0.1, 0.15) is 26.2 Å². The molecule has 112 valence electrons. The van der Waals surface area contributed by atoms with E-state index in [0.717, 1.165) is 31.1 Å². The van der Waals surface area contributed by atoms with E-state index in [2.05, 4.69) is 38.2 Å². The van der Waals surface area contributed by atoms with Crippen molar-refractivity contribution in [2.45, 2.75) is 26.2 Å². The van der Waals surface area contributed by atoms with Gasteiger partial charge in [0.25, 0.3) is 5.56 Å². The zero-order valence-corrected chi connectivity index (χ0v) is 13.8. The molecule has 0 saturated carbocycles. The van der Waals surface area contributed by atoms with Crippen LogP contribution in [0.4, 0.5) is 5.69 Å². The van der Waals surface area contributed by atoms with Crippen LogP contribution in [-0.2, 0) is 7.05 Å². The van der Waals surface area contributed by atoms with E-state index in [1.54, 1.807) is 13.2 Å². The number of anilines is 1. The van der Waals surface area contributed by atoms with E-state index in [4.69, 9.17) is 0 Å². The lowest BCUT2D eigenvalue weighted by Gasteiger charge is -2.30. The number of halogens is 1. The Kier molecular flexibility index (Phi) is 5.60. The van der Waals surface area contributed by atoms with E-state index in [0.29, 0.717) is 4.47 Å². The van der Waals surface area contributed by atoms with Crippen LogP contribution in [0.3, 0.4) is 0 Å². The first-order valence-corrected chi connectivity index (χ1v) is 8.05. The molecule has 2 rings (SSSR count). The molecule has 2 heterocycles. The molecular formula is C14H23BrN4O. The molecular weight excluding hydrogens is 320 g/mol. The van der Waals surface area contributed by atoms with Gasteiger partial charge in [0, 0.05) is 13.6 Å². The molecule has 1 aromatic rings. The Labute approximate surface area is 128 Å². The van der Waals surface area contributed by atoms with Gasteiger partial charge in [0.15, 0.2) is 0 Å². The van der Waals surface area contributed by atoms with Gasteiger partial charge in [-0.25, -0.2) is 4.68 Å². The van der Waals surface area contributed by atoms with Gasteiger partial charge in [-0.3, -0.25) is 4.79 Å². The van der Waals surface area contributed by atoms with Crippen LogP contribution in [-0.4, -0.2) is 40.9 Å². The fraction of sp³-hybridized carbons (Fsp3) is 0.714. The summed E-state index contributed by atoms with van der Waals surface area (Å²) in [4.78, 5) is 14.2. The number of nitrogens with one attached hydrogen (secondary N) is 1. The summed E-state index contributed by atoms with van der Waals surface area (Å²) in [6, 6.07) is 0. The van der Waals surface area contributed by atoms with Crippen molar-refractivity contribution < 1.29 is 0 Å². The van der Waals surface area contributed by atoms with Gasteiger partial charge >= 0.3 is 0 Å². The van der Waals surface area contributed by atoms with Crippen molar-refractivity contribution in [2.24, 2.45) is 13.0 Å². The fourth-order valence-corrected chi connectivity index (χ4v) is 2.94. The SMILES string of the molecule is CC1CCN(CCCNc2cnn(C)c(=O)c2Br)CC1. The maximum absolute atomic E-state index is 11.7. The van der Waals surface area contributed by atoms with Crippen LogP contribution in [0.25, 0.3) is 0 Å². The second-order valence-corrected chi connectivity index (χ2v) is 6.40. The number of aromatic nitrogens is 2. The quantitative estimate of drug-likeness (QED) is 0.832. The summed E-state index contributed by atoms with van der Waals surface area (Å²) in [6.45, 7) is 6.76. The molecule has 0 spiro atoms. The molecule has 0 aromatic carbocycles. The molecule has 1 fully saturated rings. The summed E-state index contributed by atoms with van der Waals surface area (Å²) in [7, 11) is 1.65. The number of nitrogens with zero attached hydrogens (tertiary/aromatic N) is 3. The molecule has 0 unspecified atom stereocenters. The second kappa shape index (κ2) is 7.22. The molecule has 0 amide bonds. The lowest BCUT2D eigenvalue weighted by Crippen LogP contribution is -2.34. The molecule has 1 aliphatic rings. The highest BCUT2D eigenvalue weighted by atomic mass is 79.9. The van der Waals surface area contributed by atoms with Gasteiger partial charge in [0.1, 0.15) is 4.47 Å². The first kappa shape index (κ1) is 15.5. The average Bonchev–Trinajstić information content (AvgIpc) is 2.45. The van der Waals surface area contributed by atoms with E-state index in [-0.39, 0.29) is 5.56 Å². The van der Waals surface area contributed by atoms with Gasteiger partial charge in [-0.1, -0.05) is 6.92 Å². The molecule has 0 aliphatic carbocycles. The molecule has 1 N–H and O–H groups in total. The summed E-state index contributed by atoms with van der Waals surface area (Å²) in [6.07, 6.45) is 5.40. The highest BCUT2D eigenvalue weighted by Gasteiger charge is 2.14. The summed E-state index contributed by atoms with van der Waals surface area (Å²) < 4.78 is 1.88. The summed E-state index contributed by atoms with van der Waals surface area (Å²) in [5.41, 5.74) is 0.667. The number of hydrogen-bond acceptors (Lipinski definition) is 4. The highest BCUT2D eigenvalue weighted by Crippen LogP contribution is 2.17. The fourth-order valence-electron chi connectivity index (χ4n) is 2.45. The second-order valence-electron chi connectivity index (χ2n) is 5.61. The van der Waals surface area contributed by atoms with Crippen LogP contribution in [0.15, 0.2) is 15.5 Å². The Bertz CT molecular complexity index is 494. The van der Waals surface area contributed by atoms with E-state index in [1.807, 2.05) is 0 Å². The lowest BCUT2D eigenvalue weighted by atomic mass is 9.99. The minimum Gasteiger partial charge on any atom is -0.383 e. The van der Waals surface area contributed by atoms with Crippen LogP contribution in [0.5, 0.6) is 0 Å². The maximum Gasteiger partial charge on any atom is 0.282 e. The molecule has 1 aromatic heterocycles. The Morgan fingerprint density at radius 3 is 2.85 bits per heavy atom. The number of piperidine rings is 1. The Morgan fingerprint density at radius 2 is 2.15 bits per heavy atom. The van der Waals surface area contributed by atoms with Gasteiger partial charge in [-0.05, 0) is 60.7 Å². The number of likely N-dealkylation sites (tertiary alicyclic amines) is 1. The Balaban J connectivity index is 1.74. The van der Waals surface area contributed by atoms with Crippen LogP contribution < -0.4 is 10.9 Å². The van der Waals surface area contributed by atoms with E-state index in [1.165, 1.54) is 30.6 Å². The zero-order valence-electron chi connectivity index (χ0n) is 12.2. The largest absolute Gasteiger partial charge is 0.383 e. The van der Waals surface area contributed by atoms with Crippen LogP contribution in [0, 0.1) is 5.92 Å². The van der Waals surface area contributed by atoms with Gasteiger partial charge < -0.3 is 10.2 Å². The van der Waals surface area contributed by atoms with Gasteiger partial charge in [0.2, 0.25) is 0 Å². The van der Waals surface area contributed by atoms with Crippen LogP contribution >= 0.6 is 15.9 Å². The maximum atomic E-state index is 11.7. The van der Waals surface area contributed by atoms with Crippen molar-refractivity contribution >= 4 is 21.6 Å². The minimum atomic E-state index is -0.111. The number of aryl methyl sites for hydroxylation is 1. The van der Waals surface area contributed by atoms with Gasteiger partial charge in [-0.2, -0.15) is 5.10 Å². The third-order valence-corrected chi connectivity index (χ3v) is 4.69. The molecule has 0 bridgehead atoms. The Morgan fingerprint density at radius 1 is 1.45 bits per heavy atom. The third kappa shape index (κ3) is 4.06. The zero-order chi connectivity index (χ0) is 14.5.